The van der Waals surface area contributed by atoms with Gasteiger partial charge in [0.05, 0.1) is 5.56 Å². The molecular weight excluding hydrogens is 453 g/mol. The molecule has 2 aromatic heterocycles. The molecule has 5 nitrogen and oxygen atoms in total. The van der Waals surface area contributed by atoms with E-state index in [2.05, 4.69) is 23.0 Å². The molecule has 0 aliphatic carbocycles. The zero-order valence-electron chi connectivity index (χ0n) is 17.0. The first-order valence-corrected chi connectivity index (χ1v) is 13.1. The highest BCUT2D eigenvalue weighted by molar-refractivity contribution is 8.12. The van der Waals surface area contributed by atoms with E-state index in [4.69, 9.17) is 4.74 Å². The van der Waals surface area contributed by atoms with E-state index in [0.717, 1.165) is 29.0 Å². The third kappa shape index (κ3) is 6.43. The van der Waals surface area contributed by atoms with E-state index in [-0.39, 0.29) is 6.61 Å². The normalized spacial score (nSPS) is 11.8. The molecule has 0 aliphatic heterocycles. The van der Waals surface area contributed by atoms with Crippen molar-refractivity contribution in [2.24, 2.45) is 0 Å². The monoisotopic (exact) mass is 475 g/mol. The number of unbranched alkanes of at least 4 members (excludes halogenated alkanes) is 1. The number of aromatic nitrogens is 2. The molecular formula is C22H22FN3O2S3. The maximum atomic E-state index is 12.3. The van der Waals surface area contributed by atoms with E-state index in [1.165, 1.54) is 23.1 Å². The van der Waals surface area contributed by atoms with Crippen LogP contribution in [-0.4, -0.2) is 38.6 Å². The summed E-state index contributed by atoms with van der Waals surface area (Å²) in [5, 5.41) is 13.5. The van der Waals surface area contributed by atoms with E-state index in [1.54, 1.807) is 18.3 Å². The molecule has 0 fully saturated rings. The fraction of sp³-hybridized carbons (Fsp3) is 0.318. The van der Waals surface area contributed by atoms with Crippen molar-refractivity contribution in [1.29, 1.82) is 5.26 Å². The summed E-state index contributed by atoms with van der Waals surface area (Å²) in [4.78, 5) is 9.02. The lowest BCUT2D eigenvalue weighted by Crippen LogP contribution is -2.09. The number of thioether (sulfide) groups is 1. The highest BCUT2D eigenvalue weighted by Gasteiger charge is 2.19. The number of pyridine rings is 1. The number of ether oxygens (including phenoxy) is 1. The maximum absolute atomic E-state index is 12.3. The van der Waals surface area contributed by atoms with Crippen LogP contribution >= 0.6 is 23.1 Å². The van der Waals surface area contributed by atoms with Crippen LogP contribution in [0.3, 0.4) is 0 Å². The minimum absolute atomic E-state index is 0.00219. The maximum Gasteiger partial charge on any atom is 0.156 e. The number of thiazole rings is 1. The van der Waals surface area contributed by atoms with Crippen LogP contribution in [0.1, 0.15) is 25.3 Å². The summed E-state index contributed by atoms with van der Waals surface area (Å²) in [6.07, 6.45) is 3.61. The molecule has 162 valence electrons. The number of nitrogens with zero attached hydrogens (tertiary/aromatic N) is 3. The van der Waals surface area contributed by atoms with E-state index in [1.807, 2.05) is 23.6 Å². The Bertz CT molecular complexity index is 1010. The third-order valence-electron chi connectivity index (χ3n) is 4.31. The lowest BCUT2D eigenvalue weighted by atomic mass is 10.0. The Kier molecular flexibility index (Phi) is 9.15. The Labute approximate surface area is 192 Å². The molecule has 1 aromatic carbocycles. The smallest absolute Gasteiger partial charge is 0.156 e. The van der Waals surface area contributed by atoms with Crippen molar-refractivity contribution in [1.82, 2.24) is 9.97 Å². The second-order valence-electron chi connectivity index (χ2n) is 6.51. The van der Waals surface area contributed by atoms with Gasteiger partial charge in [-0.2, -0.15) is 5.26 Å². The summed E-state index contributed by atoms with van der Waals surface area (Å²) in [6, 6.07) is 11.3. The highest BCUT2D eigenvalue weighted by Crippen LogP contribution is 2.35. The average molecular weight is 476 g/mol. The molecule has 0 N–H and O–H groups in total. The first kappa shape index (κ1) is 23.5. The summed E-state index contributed by atoms with van der Waals surface area (Å²) in [5.41, 5.74) is 2.65. The van der Waals surface area contributed by atoms with Gasteiger partial charge in [0.15, 0.2) is 5.08 Å². The van der Waals surface area contributed by atoms with Crippen molar-refractivity contribution in [3.63, 3.8) is 0 Å². The number of benzene rings is 1. The van der Waals surface area contributed by atoms with E-state index in [0.29, 0.717) is 32.9 Å². The highest BCUT2D eigenvalue weighted by atomic mass is 32.3. The molecule has 31 heavy (non-hydrogen) atoms. The average Bonchev–Trinajstić information content (AvgIpc) is 3.34. The molecule has 1 atom stereocenters. The van der Waals surface area contributed by atoms with Crippen LogP contribution in [0, 0.1) is 11.3 Å². The van der Waals surface area contributed by atoms with Crippen LogP contribution < -0.4 is 4.74 Å². The lowest BCUT2D eigenvalue weighted by molar-refractivity contribution is 0.273. The Balaban J connectivity index is 1.97. The number of hydrogen-bond donors (Lipinski definition) is 0. The topological polar surface area (TPSA) is 81.9 Å². The molecule has 3 aromatic rings. The van der Waals surface area contributed by atoms with Gasteiger partial charge < -0.3 is 9.29 Å². The van der Waals surface area contributed by atoms with Gasteiger partial charge >= 0.3 is 0 Å². The van der Waals surface area contributed by atoms with Crippen molar-refractivity contribution >= 4 is 34.3 Å². The van der Waals surface area contributed by atoms with Gasteiger partial charge in [0, 0.05) is 17.1 Å². The van der Waals surface area contributed by atoms with Crippen molar-refractivity contribution in [3.05, 3.63) is 47.5 Å². The van der Waals surface area contributed by atoms with Crippen LogP contribution in [0.5, 0.6) is 5.75 Å². The third-order valence-corrected chi connectivity index (χ3v) is 7.94. The molecule has 0 spiro atoms. The van der Waals surface area contributed by atoms with Gasteiger partial charge in [0.1, 0.15) is 46.6 Å². The van der Waals surface area contributed by atoms with Crippen LogP contribution in [0.25, 0.3) is 21.8 Å². The van der Waals surface area contributed by atoms with Crippen molar-refractivity contribution in [2.45, 2.75) is 24.8 Å². The molecule has 0 saturated carbocycles. The molecule has 9 heteroatoms. The standard InChI is InChI=1S/C22H22FN3O2S3/c1-2-3-12-31(27)15-30-21-19(14-24)18(13-20(26-21)22-25-9-11-29-22)16-4-6-17(7-5-16)28-10-8-23/h4-7,9,11,13H,2-3,8,10,12,15H2,1H3. The number of rotatable bonds is 11. The molecule has 1 unspecified atom stereocenters. The lowest BCUT2D eigenvalue weighted by Gasteiger charge is -2.13. The fourth-order valence-corrected chi connectivity index (χ4v) is 5.91. The Morgan fingerprint density at radius 2 is 2.13 bits per heavy atom. The predicted octanol–water partition coefficient (Wildman–Crippen LogP) is 5.69. The zero-order chi connectivity index (χ0) is 22.1. The molecule has 0 amide bonds. The molecule has 0 aliphatic rings. The number of hydrogen-bond acceptors (Lipinski definition) is 7. The van der Waals surface area contributed by atoms with E-state index < -0.39 is 17.9 Å². The summed E-state index contributed by atoms with van der Waals surface area (Å²) < 4.78 is 29.9. The van der Waals surface area contributed by atoms with Crippen LogP contribution in [0.4, 0.5) is 4.39 Å². The van der Waals surface area contributed by atoms with Gasteiger partial charge in [0.2, 0.25) is 0 Å². The minimum atomic E-state index is -0.978. The van der Waals surface area contributed by atoms with Gasteiger partial charge in [-0.15, -0.1) is 11.3 Å². The number of alkyl halides is 1. The van der Waals surface area contributed by atoms with Gasteiger partial charge in [-0.1, -0.05) is 37.2 Å². The first-order chi connectivity index (χ1) is 15.2. The molecule has 0 bridgehead atoms. The second kappa shape index (κ2) is 12.1. The fourth-order valence-electron chi connectivity index (χ4n) is 2.79. The van der Waals surface area contributed by atoms with Gasteiger partial charge in [0.25, 0.3) is 0 Å². The largest absolute Gasteiger partial charge is 0.616 e. The molecule has 3 rings (SSSR count). The van der Waals surface area contributed by atoms with Crippen LogP contribution in [0.15, 0.2) is 46.9 Å². The Morgan fingerprint density at radius 3 is 2.77 bits per heavy atom. The van der Waals surface area contributed by atoms with Crippen LogP contribution in [0.2, 0.25) is 0 Å². The van der Waals surface area contributed by atoms with E-state index in [9.17, 15) is 14.2 Å². The summed E-state index contributed by atoms with van der Waals surface area (Å²) in [6.45, 7) is 1.52. The SMILES string of the molecule is CCCC[S+]([O-])CSc1nc(-c2nccs2)cc(-c2ccc(OCCF)cc2)c1C#N. The van der Waals surface area contributed by atoms with Crippen LogP contribution in [-0.2, 0) is 11.2 Å². The van der Waals surface area contributed by atoms with Crippen molar-refractivity contribution < 1.29 is 13.7 Å². The minimum Gasteiger partial charge on any atom is -0.616 e. The van der Waals surface area contributed by atoms with Crippen molar-refractivity contribution in [3.8, 4) is 33.6 Å². The second-order valence-corrected chi connectivity index (χ2v) is 10.3. The molecule has 2 heterocycles. The summed E-state index contributed by atoms with van der Waals surface area (Å²) >= 11 is 1.83. The molecule has 0 radical (unpaired) electrons. The number of nitriles is 1. The Morgan fingerprint density at radius 1 is 1.32 bits per heavy atom. The van der Waals surface area contributed by atoms with Crippen molar-refractivity contribution in [2.75, 3.05) is 24.1 Å². The number of halogens is 1. The van der Waals surface area contributed by atoms with Gasteiger partial charge in [-0.25, -0.2) is 14.4 Å². The van der Waals surface area contributed by atoms with Gasteiger partial charge in [-0.05, 0) is 41.4 Å². The van der Waals surface area contributed by atoms with Gasteiger partial charge in [-0.3, -0.25) is 0 Å². The quantitative estimate of drug-likeness (QED) is 0.262. The Hall–Kier alpha value is -2.12. The molecule has 0 saturated heterocycles. The zero-order valence-corrected chi connectivity index (χ0v) is 19.5. The summed E-state index contributed by atoms with van der Waals surface area (Å²) in [5.74, 6) is 1.21. The predicted molar refractivity (Wildman–Crippen MR) is 126 cm³/mol. The van der Waals surface area contributed by atoms with E-state index >= 15 is 0 Å². The summed E-state index contributed by atoms with van der Waals surface area (Å²) in [7, 11) is 0. The first-order valence-electron chi connectivity index (χ1n) is 9.78.